The van der Waals surface area contributed by atoms with E-state index in [1.54, 1.807) is 0 Å². The second-order valence-corrected chi connectivity index (χ2v) is 4.61. The minimum Gasteiger partial charge on any atom is -0.378 e. The van der Waals surface area contributed by atoms with E-state index in [2.05, 4.69) is 0 Å². The molecule has 3 atom stereocenters. The minimum absolute atomic E-state index is 0.127. The van der Waals surface area contributed by atoms with Crippen LogP contribution in [-0.4, -0.2) is 31.2 Å². The summed E-state index contributed by atoms with van der Waals surface area (Å²) in [7, 11) is 0. The Balaban J connectivity index is 1.71. The first-order valence-corrected chi connectivity index (χ1v) is 6.03. The zero-order chi connectivity index (χ0) is 10.7. The Hall–Kier alpha value is -0.410. The average molecular weight is 212 g/mol. The topological polar surface area (TPSA) is 35.5 Å². The van der Waals surface area contributed by atoms with Gasteiger partial charge >= 0.3 is 0 Å². The van der Waals surface area contributed by atoms with Crippen molar-refractivity contribution in [1.82, 2.24) is 0 Å². The van der Waals surface area contributed by atoms with E-state index in [9.17, 15) is 4.79 Å². The average Bonchev–Trinajstić information content (AvgIpc) is 2.84. The van der Waals surface area contributed by atoms with Crippen LogP contribution in [-0.2, 0) is 14.3 Å². The van der Waals surface area contributed by atoms with E-state index in [0.29, 0.717) is 18.3 Å². The first-order chi connectivity index (χ1) is 7.27. The second kappa shape index (κ2) is 5.08. The van der Waals surface area contributed by atoms with Crippen molar-refractivity contribution in [2.75, 3.05) is 13.2 Å². The maximum Gasteiger partial charge on any atom is 0.138 e. The molecular formula is C12H20O3. The fraction of sp³-hybridized carbons (Fsp3) is 0.917. The molecule has 2 rings (SSSR count). The summed E-state index contributed by atoms with van der Waals surface area (Å²) < 4.78 is 10.9. The van der Waals surface area contributed by atoms with Crippen LogP contribution < -0.4 is 0 Å². The van der Waals surface area contributed by atoms with Crippen molar-refractivity contribution in [2.24, 2.45) is 5.92 Å². The SMILES string of the molecule is CC1OCCC1C(=O)CCC1CCCO1. The van der Waals surface area contributed by atoms with E-state index in [1.165, 1.54) is 0 Å². The predicted molar refractivity (Wildman–Crippen MR) is 56.7 cm³/mol. The summed E-state index contributed by atoms with van der Waals surface area (Å²) in [5.74, 6) is 0.516. The van der Waals surface area contributed by atoms with Crippen LogP contribution in [0.3, 0.4) is 0 Å². The number of hydrogen-bond donors (Lipinski definition) is 0. The van der Waals surface area contributed by atoms with Crippen LogP contribution in [0.2, 0.25) is 0 Å². The fourth-order valence-corrected chi connectivity index (χ4v) is 2.52. The van der Waals surface area contributed by atoms with Crippen LogP contribution in [0.1, 0.15) is 39.0 Å². The van der Waals surface area contributed by atoms with Gasteiger partial charge in [-0.1, -0.05) is 0 Å². The molecule has 2 fully saturated rings. The number of hydrogen-bond acceptors (Lipinski definition) is 3. The van der Waals surface area contributed by atoms with Gasteiger partial charge in [0.05, 0.1) is 12.2 Å². The van der Waals surface area contributed by atoms with Crippen LogP contribution in [0.15, 0.2) is 0 Å². The van der Waals surface area contributed by atoms with Gasteiger partial charge in [0.25, 0.3) is 0 Å². The van der Waals surface area contributed by atoms with Crippen LogP contribution in [0.5, 0.6) is 0 Å². The van der Waals surface area contributed by atoms with E-state index >= 15 is 0 Å². The third-order valence-electron chi connectivity index (χ3n) is 3.53. The number of Topliss-reactive ketones (excluding diaryl/α,β-unsaturated/α-hetero) is 1. The fourth-order valence-electron chi connectivity index (χ4n) is 2.52. The third-order valence-corrected chi connectivity index (χ3v) is 3.53. The number of rotatable bonds is 4. The molecule has 2 aliphatic rings. The summed E-state index contributed by atoms with van der Waals surface area (Å²) in [5, 5.41) is 0. The zero-order valence-corrected chi connectivity index (χ0v) is 9.41. The molecule has 0 aliphatic carbocycles. The van der Waals surface area contributed by atoms with Crippen molar-refractivity contribution in [3.05, 3.63) is 0 Å². The number of ketones is 1. The van der Waals surface area contributed by atoms with Crippen LogP contribution in [0, 0.1) is 5.92 Å². The molecule has 0 aromatic carbocycles. The molecule has 3 unspecified atom stereocenters. The molecule has 0 N–H and O–H groups in total. The molecule has 3 heteroatoms. The minimum atomic E-state index is 0.127. The van der Waals surface area contributed by atoms with E-state index in [1.807, 2.05) is 6.92 Å². The molecule has 15 heavy (non-hydrogen) atoms. The van der Waals surface area contributed by atoms with E-state index in [-0.39, 0.29) is 12.0 Å². The van der Waals surface area contributed by atoms with Crippen molar-refractivity contribution < 1.29 is 14.3 Å². The van der Waals surface area contributed by atoms with Gasteiger partial charge in [-0.2, -0.15) is 0 Å². The molecule has 0 radical (unpaired) electrons. The summed E-state index contributed by atoms with van der Waals surface area (Å²) in [6.45, 7) is 3.63. The zero-order valence-electron chi connectivity index (χ0n) is 9.41. The Kier molecular flexibility index (Phi) is 3.76. The highest BCUT2D eigenvalue weighted by atomic mass is 16.5. The Morgan fingerprint density at radius 3 is 2.73 bits per heavy atom. The van der Waals surface area contributed by atoms with Gasteiger partial charge in [-0.25, -0.2) is 0 Å². The van der Waals surface area contributed by atoms with Gasteiger partial charge in [-0.3, -0.25) is 4.79 Å². The van der Waals surface area contributed by atoms with E-state index in [4.69, 9.17) is 9.47 Å². The normalized spacial score (nSPS) is 35.9. The highest BCUT2D eigenvalue weighted by molar-refractivity contribution is 5.81. The van der Waals surface area contributed by atoms with Crippen LogP contribution in [0.4, 0.5) is 0 Å². The standard InChI is InChI=1S/C12H20O3/c1-9-11(6-8-14-9)12(13)5-4-10-3-2-7-15-10/h9-11H,2-8H2,1H3. The van der Waals surface area contributed by atoms with Crippen molar-refractivity contribution in [3.63, 3.8) is 0 Å². The van der Waals surface area contributed by atoms with Gasteiger partial charge in [-0.05, 0) is 32.6 Å². The maximum absolute atomic E-state index is 11.9. The summed E-state index contributed by atoms with van der Waals surface area (Å²) in [5.41, 5.74) is 0. The Labute approximate surface area is 91.1 Å². The van der Waals surface area contributed by atoms with Gasteiger partial charge < -0.3 is 9.47 Å². The van der Waals surface area contributed by atoms with Crippen molar-refractivity contribution in [2.45, 2.75) is 51.2 Å². The smallest absolute Gasteiger partial charge is 0.138 e. The van der Waals surface area contributed by atoms with E-state index < -0.39 is 0 Å². The summed E-state index contributed by atoms with van der Waals surface area (Å²) in [6.07, 6.45) is 5.23. The number of carbonyl (C=O) groups excluding carboxylic acids is 1. The predicted octanol–water partition coefficient (Wildman–Crippen LogP) is 1.94. The molecule has 0 amide bonds. The molecule has 0 aromatic rings. The number of ether oxygens (including phenoxy) is 2. The van der Waals surface area contributed by atoms with Gasteiger partial charge in [0.1, 0.15) is 5.78 Å². The molecule has 0 bridgehead atoms. The molecule has 3 nitrogen and oxygen atoms in total. The lowest BCUT2D eigenvalue weighted by Gasteiger charge is -2.14. The first-order valence-electron chi connectivity index (χ1n) is 6.03. The molecule has 0 aromatic heterocycles. The van der Waals surface area contributed by atoms with Crippen LogP contribution >= 0.6 is 0 Å². The molecule has 0 spiro atoms. The summed E-state index contributed by atoms with van der Waals surface area (Å²) in [4.78, 5) is 11.9. The maximum atomic E-state index is 11.9. The second-order valence-electron chi connectivity index (χ2n) is 4.61. The van der Waals surface area contributed by atoms with Gasteiger partial charge in [0.15, 0.2) is 0 Å². The Morgan fingerprint density at radius 2 is 2.13 bits per heavy atom. The first kappa shape index (κ1) is 11.1. The van der Waals surface area contributed by atoms with Gasteiger partial charge in [0.2, 0.25) is 0 Å². The van der Waals surface area contributed by atoms with E-state index in [0.717, 1.165) is 38.9 Å². The van der Waals surface area contributed by atoms with Crippen molar-refractivity contribution >= 4 is 5.78 Å². The van der Waals surface area contributed by atoms with Crippen molar-refractivity contribution in [1.29, 1.82) is 0 Å². The lowest BCUT2D eigenvalue weighted by atomic mass is 9.93. The molecule has 0 saturated carbocycles. The lowest BCUT2D eigenvalue weighted by molar-refractivity contribution is -0.124. The number of carbonyl (C=O) groups is 1. The highest BCUT2D eigenvalue weighted by Gasteiger charge is 2.30. The monoisotopic (exact) mass is 212 g/mol. The summed E-state index contributed by atoms with van der Waals surface area (Å²) in [6, 6.07) is 0. The molecule has 86 valence electrons. The van der Waals surface area contributed by atoms with Gasteiger partial charge in [-0.15, -0.1) is 0 Å². The molecule has 2 aliphatic heterocycles. The molecule has 2 saturated heterocycles. The molecule has 2 heterocycles. The highest BCUT2D eigenvalue weighted by Crippen LogP contribution is 2.24. The quantitative estimate of drug-likeness (QED) is 0.714. The largest absolute Gasteiger partial charge is 0.378 e. The van der Waals surface area contributed by atoms with Crippen LogP contribution in [0.25, 0.3) is 0 Å². The van der Waals surface area contributed by atoms with Gasteiger partial charge in [0, 0.05) is 25.6 Å². The third kappa shape index (κ3) is 2.79. The van der Waals surface area contributed by atoms with Crippen molar-refractivity contribution in [3.8, 4) is 0 Å². The Bertz CT molecular complexity index is 221. The Morgan fingerprint density at radius 1 is 1.27 bits per heavy atom. The summed E-state index contributed by atoms with van der Waals surface area (Å²) >= 11 is 0. The lowest BCUT2D eigenvalue weighted by Crippen LogP contribution is -2.22. The molecular weight excluding hydrogens is 192 g/mol.